The van der Waals surface area contributed by atoms with Crippen LogP contribution in [-0.4, -0.2) is 70.4 Å². The van der Waals surface area contributed by atoms with E-state index in [-0.39, 0.29) is 17.7 Å². The number of carbonyl (C=O) groups excluding carboxylic acids is 1. The molecule has 2 N–H and O–H groups in total. The van der Waals surface area contributed by atoms with E-state index in [1.165, 1.54) is 5.56 Å². The highest BCUT2D eigenvalue weighted by Crippen LogP contribution is 2.42. The number of fused-ring (bicyclic) bond motifs is 1. The molecule has 1 amide bonds. The fourth-order valence-corrected chi connectivity index (χ4v) is 4.44. The summed E-state index contributed by atoms with van der Waals surface area (Å²) >= 11 is 0. The quantitative estimate of drug-likeness (QED) is 0.666. The first kappa shape index (κ1) is 19.8. The Balaban J connectivity index is 1.52. The van der Waals surface area contributed by atoms with Crippen LogP contribution in [0.5, 0.6) is 5.75 Å². The Kier molecular flexibility index (Phi) is 5.21. The molecule has 0 spiro atoms. The van der Waals surface area contributed by atoms with Gasteiger partial charge in [0.15, 0.2) is 0 Å². The summed E-state index contributed by atoms with van der Waals surface area (Å²) in [6.45, 7) is 6.68. The van der Waals surface area contributed by atoms with E-state index in [2.05, 4.69) is 34.2 Å². The molecule has 1 unspecified atom stereocenters. The number of morpholine rings is 1. The second-order valence-corrected chi connectivity index (χ2v) is 8.17. The lowest BCUT2D eigenvalue weighted by atomic mass is 9.95. The molecule has 2 aromatic carbocycles. The number of aryl methyl sites for hydroxylation is 1. The largest absolute Gasteiger partial charge is 0.508 e. The van der Waals surface area contributed by atoms with Gasteiger partial charge in [-0.25, -0.2) is 0 Å². The van der Waals surface area contributed by atoms with E-state index in [1.807, 2.05) is 29.2 Å². The Labute approximate surface area is 181 Å². The predicted octanol–water partition coefficient (Wildman–Crippen LogP) is 2.97. The number of ether oxygens (including phenoxy) is 1. The molecule has 3 heterocycles. The fraction of sp³-hybridized carbons (Fsp3) is 0.333. The van der Waals surface area contributed by atoms with Crippen molar-refractivity contribution >= 4 is 5.91 Å². The molecule has 1 saturated heterocycles. The van der Waals surface area contributed by atoms with E-state index in [0.29, 0.717) is 12.2 Å². The number of phenolic OH excluding ortho intramolecular Hbond substituents is 1. The highest BCUT2D eigenvalue weighted by atomic mass is 16.5. The molecule has 7 heteroatoms. The molecule has 160 valence electrons. The van der Waals surface area contributed by atoms with Crippen molar-refractivity contribution in [1.82, 2.24) is 20.0 Å². The standard InChI is InChI=1S/C24H26N4O3/c1-16-2-4-17(5-3-16)21-20-22(26-25-21)24(30)28(11-10-27-12-14-31-15-13-27)23(20)18-6-8-19(29)9-7-18/h2-9,23,29H,10-15H2,1H3,(H,25,26). The number of nitrogens with one attached hydrogen (secondary N) is 1. The van der Waals surface area contributed by atoms with Crippen molar-refractivity contribution in [2.45, 2.75) is 13.0 Å². The van der Waals surface area contributed by atoms with Crippen LogP contribution in [0.15, 0.2) is 48.5 Å². The average molecular weight is 418 g/mol. The minimum absolute atomic E-state index is 0.0350. The number of benzene rings is 2. The number of nitrogens with zero attached hydrogens (tertiary/aromatic N) is 3. The minimum Gasteiger partial charge on any atom is -0.508 e. The first-order chi connectivity index (χ1) is 15.1. The van der Waals surface area contributed by atoms with Crippen molar-refractivity contribution in [3.8, 4) is 17.0 Å². The van der Waals surface area contributed by atoms with Crippen molar-refractivity contribution in [2.24, 2.45) is 0 Å². The van der Waals surface area contributed by atoms with Gasteiger partial charge < -0.3 is 14.7 Å². The van der Waals surface area contributed by atoms with E-state index in [1.54, 1.807) is 12.1 Å². The summed E-state index contributed by atoms with van der Waals surface area (Å²) in [6, 6.07) is 15.1. The number of phenols is 1. The van der Waals surface area contributed by atoms with Crippen LogP contribution in [0, 0.1) is 6.92 Å². The zero-order chi connectivity index (χ0) is 21.4. The van der Waals surface area contributed by atoms with Gasteiger partial charge in [-0.2, -0.15) is 5.10 Å². The molecule has 0 bridgehead atoms. The van der Waals surface area contributed by atoms with Crippen molar-refractivity contribution in [1.29, 1.82) is 0 Å². The Morgan fingerprint density at radius 1 is 1.06 bits per heavy atom. The maximum absolute atomic E-state index is 13.4. The maximum Gasteiger partial charge on any atom is 0.273 e. The third-order valence-electron chi connectivity index (χ3n) is 6.16. The lowest BCUT2D eigenvalue weighted by Crippen LogP contribution is -2.42. The summed E-state index contributed by atoms with van der Waals surface area (Å²) in [5.41, 5.74) is 5.37. The summed E-state index contributed by atoms with van der Waals surface area (Å²) in [4.78, 5) is 17.6. The summed E-state index contributed by atoms with van der Waals surface area (Å²) in [6.07, 6.45) is 0. The number of H-pyrrole nitrogens is 1. The van der Waals surface area contributed by atoms with Gasteiger partial charge in [0.1, 0.15) is 11.4 Å². The van der Waals surface area contributed by atoms with Gasteiger partial charge in [-0.15, -0.1) is 0 Å². The zero-order valence-electron chi connectivity index (χ0n) is 17.5. The number of hydrogen-bond donors (Lipinski definition) is 2. The molecule has 1 fully saturated rings. The van der Waals surface area contributed by atoms with Crippen LogP contribution >= 0.6 is 0 Å². The Morgan fingerprint density at radius 2 is 1.77 bits per heavy atom. The number of rotatable bonds is 5. The van der Waals surface area contributed by atoms with Gasteiger partial charge >= 0.3 is 0 Å². The predicted molar refractivity (Wildman–Crippen MR) is 117 cm³/mol. The molecule has 1 atom stereocenters. The highest BCUT2D eigenvalue weighted by molar-refractivity contribution is 6.00. The molecule has 2 aliphatic rings. The van der Waals surface area contributed by atoms with Crippen molar-refractivity contribution in [2.75, 3.05) is 39.4 Å². The van der Waals surface area contributed by atoms with Crippen molar-refractivity contribution < 1.29 is 14.6 Å². The molecule has 7 nitrogen and oxygen atoms in total. The van der Waals surface area contributed by atoms with Crippen LogP contribution in [-0.2, 0) is 4.74 Å². The number of aromatic hydroxyl groups is 1. The fourth-order valence-electron chi connectivity index (χ4n) is 4.44. The van der Waals surface area contributed by atoms with Gasteiger partial charge in [-0.1, -0.05) is 42.0 Å². The summed E-state index contributed by atoms with van der Waals surface area (Å²) in [5, 5.41) is 17.3. The molecule has 1 aromatic heterocycles. The number of aromatic nitrogens is 2. The number of carbonyl (C=O) groups is 1. The summed E-state index contributed by atoms with van der Waals surface area (Å²) in [7, 11) is 0. The van der Waals surface area contributed by atoms with E-state index < -0.39 is 0 Å². The third-order valence-corrected chi connectivity index (χ3v) is 6.16. The first-order valence-electron chi connectivity index (χ1n) is 10.7. The van der Waals surface area contributed by atoms with Crippen LogP contribution in [0.3, 0.4) is 0 Å². The SMILES string of the molecule is Cc1ccc(-c2n[nH]c3c2C(c2ccc(O)cc2)N(CCN2CCOCC2)C3=O)cc1. The zero-order valence-corrected chi connectivity index (χ0v) is 17.5. The van der Waals surface area contributed by atoms with Gasteiger partial charge in [0, 0.05) is 37.3 Å². The number of aromatic amines is 1. The van der Waals surface area contributed by atoms with Gasteiger partial charge in [-0.3, -0.25) is 14.8 Å². The number of hydrogen-bond acceptors (Lipinski definition) is 5. The maximum atomic E-state index is 13.4. The van der Waals surface area contributed by atoms with Crippen LogP contribution < -0.4 is 0 Å². The van der Waals surface area contributed by atoms with Crippen LogP contribution in [0.4, 0.5) is 0 Å². The number of amides is 1. The van der Waals surface area contributed by atoms with E-state index in [0.717, 1.165) is 55.2 Å². The minimum atomic E-state index is -0.251. The van der Waals surface area contributed by atoms with Gasteiger partial charge in [-0.05, 0) is 24.6 Å². The van der Waals surface area contributed by atoms with Crippen LogP contribution in [0.2, 0.25) is 0 Å². The topological polar surface area (TPSA) is 81.7 Å². The Morgan fingerprint density at radius 3 is 2.48 bits per heavy atom. The van der Waals surface area contributed by atoms with Gasteiger partial charge in [0.25, 0.3) is 5.91 Å². The summed E-state index contributed by atoms with van der Waals surface area (Å²) < 4.78 is 5.45. The second-order valence-electron chi connectivity index (χ2n) is 8.17. The molecule has 2 aliphatic heterocycles. The highest BCUT2D eigenvalue weighted by Gasteiger charge is 2.42. The van der Waals surface area contributed by atoms with E-state index in [9.17, 15) is 9.90 Å². The molecular formula is C24H26N4O3. The Hall–Kier alpha value is -3.16. The van der Waals surface area contributed by atoms with Gasteiger partial charge in [0.2, 0.25) is 0 Å². The monoisotopic (exact) mass is 418 g/mol. The van der Waals surface area contributed by atoms with Crippen molar-refractivity contribution in [3.63, 3.8) is 0 Å². The normalized spacial score (nSPS) is 19.1. The lowest BCUT2D eigenvalue weighted by molar-refractivity contribution is 0.0316. The van der Waals surface area contributed by atoms with Crippen LogP contribution in [0.1, 0.15) is 33.2 Å². The second kappa shape index (κ2) is 8.17. The van der Waals surface area contributed by atoms with Crippen LogP contribution in [0.25, 0.3) is 11.3 Å². The molecule has 0 saturated carbocycles. The van der Waals surface area contributed by atoms with E-state index in [4.69, 9.17) is 4.74 Å². The third kappa shape index (κ3) is 3.71. The molecule has 5 rings (SSSR count). The molecule has 3 aromatic rings. The molecule has 0 aliphatic carbocycles. The Bertz CT molecular complexity index is 1070. The van der Waals surface area contributed by atoms with Crippen molar-refractivity contribution in [3.05, 3.63) is 70.9 Å². The molecule has 31 heavy (non-hydrogen) atoms. The smallest absolute Gasteiger partial charge is 0.273 e. The lowest BCUT2D eigenvalue weighted by Gasteiger charge is -2.31. The average Bonchev–Trinajstić information content (AvgIpc) is 3.33. The summed E-state index contributed by atoms with van der Waals surface area (Å²) in [5.74, 6) is 0.173. The van der Waals surface area contributed by atoms with E-state index >= 15 is 0 Å². The van der Waals surface area contributed by atoms with Gasteiger partial charge in [0.05, 0.1) is 24.9 Å². The molecule has 0 radical (unpaired) electrons. The first-order valence-corrected chi connectivity index (χ1v) is 10.7. The molecular weight excluding hydrogens is 392 g/mol.